The van der Waals surface area contributed by atoms with Gasteiger partial charge in [-0.3, -0.25) is 9.79 Å². The van der Waals surface area contributed by atoms with Gasteiger partial charge in [0, 0.05) is 25.7 Å². The van der Waals surface area contributed by atoms with Crippen LogP contribution >= 0.6 is 24.0 Å². The zero-order chi connectivity index (χ0) is 22.6. The Bertz CT molecular complexity index is 839. The SMILES string of the molecule is CCNC(=NCC(O)c1ccc(OC(C)C)cc1)NCCc1ccc(NC(C)=O)cc1.I. The number of guanidine groups is 1. The molecule has 176 valence electrons. The predicted octanol–water partition coefficient (Wildman–Crippen LogP) is 3.88. The quantitative estimate of drug-likeness (QED) is 0.203. The van der Waals surface area contributed by atoms with Crippen molar-refractivity contribution in [3.8, 4) is 5.75 Å². The van der Waals surface area contributed by atoms with Crippen molar-refractivity contribution >= 4 is 41.5 Å². The van der Waals surface area contributed by atoms with E-state index in [9.17, 15) is 9.90 Å². The number of amides is 1. The average Bonchev–Trinajstić information content (AvgIpc) is 2.72. The summed E-state index contributed by atoms with van der Waals surface area (Å²) in [5, 5.41) is 19.7. The molecule has 7 nitrogen and oxygen atoms in total. The van der Waals surface area contributed by atoms with Crippen molar-refractivity contribution in [3.05, 3.63) is 59.7 Å². The number of nitrogens with zero attached hydrogens (tertiary/aromatic N) is 1. The van der Waals surface area contributed by atoms with Crippen molar-refractivity contribution in [2.75, 3.05) is 25.0 Å². The van der Waals surface area contributed by atoms with Gasteiger partial charge in [-0.25, -0.2) is 0 Å². The molecule has 2 aromatic carbocycles. The minimum Gasteiger partial charge on any atom is -0.491 e. The molecule has 0 saturated heterocycles. The van der Waals surface area contributed by atoms with Crippen LogP contribution in [-0.2, 0) is 11.2 Å². The van der Waals surface area contributed by atoms with Gasteiger partial charge in [-0.05, 0) is 62.6 Å². The zero-order valence-electron chi connectivity index (χ0n) is 19.2. The van der Waals surface area contributed by atoms with Gasteiger partial charge >= 0.3 is 0 Å². The van der Waals surface area contributed by atoms with Crippen molar-refractivity contribution in [1.29, 1.82) is 0 Å². The summed E-state index contributed by atoms with van der Waals surface area (Å²) < 4.78 is 5.64. The molecule has 0 spiro atoms. The number of anilines is 1. The molecule has 1 atom stereocenters. The number of benzene rings is 2. The first-order chi connectivity index (χ1) is 14.9. The molecule has 0 aromatic heterocycles. The van der Waals surface area contributed by atoms with E-state index in [0.29, 0.717) is 12.5 Å². The number of halogens is 1. The number of hydrogen-bond donors (Lipinski definition) is 4. The summed E-state index contributed by atoms with van der Waals surface area (Å²) in [6.45, 7) is 9.14. The van der Waals surface area contributed by atoms with Crippen LogP contribution in [0.3, 0.4) is 0 Å². The third-order valence-electron chi connectivity index (χ3n) is 4.38. The van der Waals surface area contributed by atoms with Crippen LogP contribution in [-0.4, -0.2) is 42.7 Å². The smallest absolute Gasteiger partial charge is 0.221 e. The Hall–Kier alpha value is -2.33. The van der Waals surface area contributed by atoms with Crippen LogP contribution in [0.25, 0.3) is 0 Å². The minimum atomic E-state index is -0.690. The summed E-state index contributed by atoms with van der Waals surface area (Å²) in [6, 6.07) is 15.2. The summed E-state index contributed by atoms with van der Waals surface area (Å²) in [6.07, 6.45) is 0.235. The highest BCUT2D eigenvalue weighted by molar-refractivity contribution is 14.0. The minimum absolute atomic E-state index is 0. The van der Waals surface area contributed by atoms with Crippen molar-refractivity contribution in [2.45, 2.75) is 46.3 Å². The number of ether oxygens (including phenoxy) is 1. The lowest BCUT2D eigenvalue weighted by Gasteiger charge is -2.14. The highest BCUT2D eigenvalue weighted by Gasteiger charge is 2.08. The molecule has 0 bridgehead atoms. The van der Waals surface area contributed by atoms with E-state index in [-0.39, 0.29) is 42.5 Å². The van der Waals surface area contributed by atoms with Crippen LogP contribution in [0.15, 0.2) is 53.5 Å². The molecule has 0 aliphatic rings. The second-order valence-electron chi connectivity index (χ2n) is 7.53. The van der Waals surface area contributed by atoms with Gasteiger partial charge in [0.15, 0.2) is 5.96 Å². The highest BCUT2D eigenvalue weighted by atomic mass is 127. The number of carbonyl (C=O) groups excluding carboxylic acids is 1. The third kappa shape index (κ3) is 10.3. The normalized spacial score (nSPS) is 12.0. The lowest BCUT2D eigenvalue weighted by molar-refractivity contribution is -0.114. The Morgan fingerprint density at radius 3 is 2.28 bits per heavy atom. The van der Waals surface area contributed by atoms with Gasteiger partial charge in [0.2, 0.25) is 5.91 Å². The van der Waals surface area contributed by atoms with E-state index in [1.54, 1.807) is 0 Å². The van der Waals surface area contributed by atoms with Gasteiger partial charge in [0.1, 0.15) is 5.75 Å². The first-order valence-corrected chi connectivity index (χ1v) is 10.7. The molecule has 0 radical (unpaired) electrons. The fourth-order valence-electron chi connectivity index (χ4n) is 2.95. The first kappa shape index (κ1) is 27.7. The molecule has 0 heterocycles. The highest BCUT2D eigenvalue weighted by Crippen LogP contribution is 2.19. The lowest BCUT2D eigenvalue weighted by atomic mass is 10.1. The number of aliphatic hydroxyl groups is 1. The Balaban J connectivity index is 0.00000512. The summed E-state index contributed by atoms with van der Waals surface area (Å²) >= 11 is 0. The molecule has 0 fully saturated rings. The number of aliphatic imine (C=N–C) groups is 1. The molecule has 0 saturated carbocycles. The van der Waals surface area contributed by atoms with Gasteiger partial charge in [-0.2, -0.15) is 0 Å². The second-order valence-corrected chi connectivity index (χ2v) is 7.53. The van der Waals surface area contributed by atoms with E-state index in [4.69, 9.17) is 4.74 Å². The van der Waals surface area contributed by atoms with Gasteiger partial charge in [0.05, 0.1) is 18.8 Å². The van der Waals surface area contributed by atoms with Gasteiger partial charge in [0.25, 0.3) is 0 Å². The maximum absolute atomic E-state index is 11.1. The Morgan fingerprint density at radius 1 is 1.06 bits per heavy atom. The topological polar surface area (TPSA) is 95.0 Å². The second kappa shape index (κ2) is 14.7. The van der Waals surface area contributed by atoms with Crippen molar-refractivity contribution in [3.63, 3.8) is 0 Å². The molecular formula is C24H35IN4O3. The molecule has 2 rings (SSSR count). The third-order valence-corrected chi connectivity index (χ3v) is 4.38. The van der Waals surface area contributed by atoms with Crippen molar-refractivity contribution in [1.82, 2.24) is 10.6 Å². The van der Waals surface area contributed by atoms with Crippen LogP contribution in [0.2, 0.25) is 0 Å². The standard InChI is InChI=1S/C24H34N4O3.HI/c1-5-25-24(26-15-14-19-6-10-21(11-7-19)28-18(4)29)27-16-23(30)20-8-12-22(13-9-20)31-17(2)3;/h6-13,17,23,30H,5,14-16H2,1-4H3,(H,28,29)(H2,25,26,27);1H. The van der Waals surface area contributed by atoms with Crippen molar-refractivity contribution in [2.24, 2.45) is 4.99 Å². The Labute approximate surface area is 208 Å². The number of nitrogens with one attached hydrogen (secondary N) is 3. The zero-order valence-corrected chi connectivity index (χ0v) is 21.6. The summed E-state index contributed by atoms with van der Waals surface area (Å²) in [4.78, 5) is 15.6. The van der Waals surface area contributed by atoms with Crippen LogP contribution in [0.4, 0.5) is 5.69 Å². The number of hydrogen-bond acceptors (Lipinski definition) is 4. The molecule has 0 aliphatic heterocycles. The largest absolute Gasteiger partial charge is 0.491 e. The Kier molecular flexibility index (Phi) is 12.7. The van der Waals surface area contributed by atoms with E-state index in [0.717, 1.165) is 35.5 Å². The van der Waals surface area contributed by atoms with E-state index in [1.807, 2.05) is 69.3 Å². The molecule has 0 aliphatic carbocycles. The van der Waals surface area contributed by atoms with Gasteiger partial charge in [-0.15, -0.1) is 24.0 Å². The number of rotatable bonds is 10. The fraction of sp³-hybridized carbons (Fsp3) is 0.417. The fourth-order valence-corrected chi connectivity index (χ4v) is 2.95. The maximum Gasteiger partial charge on any atom is 0.221 e. The van der Waals surface area contributed by atoms with Crippen molar-refractivity contribution < 1.29 is 14.6 Å². The van der Waals surface area contributed by atoms with Gasteiger partial charge in [-0.1, -0.05) is 24.3 Å². The van der Waals surface area contributed by atoms with E-state index >= 15 is 0 Å². The molecule has 1 unspecified atom stereocenters. The number of aliphatic hydroxyl groups excluding tert-OH is 1. The molecule has 8 heteroatoms. The van der Waals surface area contributed by atoms with Gasteiger partial charge < -0.3 is 25.8 Å². The molecule has 4 N–H and O–H groups in total. The van der Waals surface area contributed by atoms with Crippen LogP contribution < -0.4 is 20.7 Å². The molecule has 32 heavy (non-hydrogen) atoms. The summed E-state index contributed by atoms with van der Waals surface area (Å²) in [5.41, 5.74) is 2.74. The monoisotopic (exact) mass is 554 g/mol. The van der Waals surface area contributed by atoms with Crippen LogP contribution in [0.5, 0.6) is 5.75 Å². The first-order valence-electron chi connectivity index (χ1n) is 10.7. The lowest BCUT2D eigenvalue weighted by Crippen LogP contribution is -2.38. The van der Waals surface area contributed by atoms with E-state index in [2.05, 4.69) is 20.9 Å². The average molecular weight is 554 g/mol. The molecular weight excluding hydrogens is 519 g/mol. The van der Waals surface area contributed by atoms with E-state index in [1.165, 1.54) is 6.92 Å². The summed E-state index contributed by atoms with van der Waals surface area (Å²) in [5.74, 6) is 1.37. The summed E-state index contributed by atoms with van der Waals surface area (Å²) in [7, 11) is 0. The van der Waals surface area contributed by atoms with Crippen LogP contribution in [0, 0.1) is 0 Å². The molecule has 1 amide bonds. The predicted molar refractivity (Wildman–Crippen MR) is 141 cm³/mol. The van der Waals surface area contributed by atoms with Crippen LogP contribution in [0.1, 0.15) is 44.9 Å². The Morgan fingerprint density at radius 2 is 1.72 bits per heavy atom. The molecule has 2 aromatic rings. The number of carbonyl (C=O) groups is 1. The van der Waals surface area contributed by atoms with E-state index < -0.39 is 6.10 Å². The maximum atomic E-state index is 11.1.